The number of rotatable bonds is 6. The summed E-state index contributed by atoms with van der Waals surface area (Å²) in [5, 5.41) is 7.04. The first kappa shape index (κ1) is 27.2. The van der Waals surface area contributed by atoms with E-state index in [0.29, 0.717) is 17.3 Å². The molecule has 5 rings (SSSR count). The molecular weight excluding hydrogens is 502 g/mol. The molecule has 2 heterocycles. The van der Waals surface area contributed by atoms with Crippen LogP contribution in [0.5, 0.6) is 5.75 Å². The maximum atomic E-state index is 13.0. The summed E-state index contributed by atoms with van der Waals surface area (Å²) in [7, 11) is 3.81. The molecule has 0 radical (unpaired) electrons. The number of hydrogen-bond acceptors (Lipinski definition) is 7. The molecule has 4 aromatic rings. The number of methoxy groups -OCH3 is 1. The van der Waals surface area contributed by atoms with Gasteiger partial charge >= 0.3 is 0 Å². The Kier molecular flexibility index (Phi) is 8.34. The fourth-order valence-corrected chi connectivity index (χ4v) is 4.61. The highest BCUT2D eigenvalue weighted by molar-refractivity contribution is 6.04. The van der Waals surface area contributed by atoms with Gasteiger partial charge in [0.05, 0.1) is 12.8 Å². The zero-order valence-corrected chi connectivity index (χ0v) is 22.8. The average molecular weight is 534 g/mol. The molecule has 1 amide bonds. The Labute approximate surface area is 229 Å². The lowest BCUT2D eigenvalue weighted by atomic mass is 9.97. The highest BCUT2D eigenvalue weighted by Crippen LogP contribution is 2.32. The summed E-state index contributed by atoms with van der Waals surface area (Å²) in [5.41, 5.74) is 6.45. The number of nitrogens with one attached hydrogen (secondary N) is 1. The number of anilines is 2. The van der Waals surface area contributed by atoms with Crippen molar-refractivity contribution in [1.82, 2.24) is 15.0 Å². The largest absolute Gasteiger partial charge is 0.495 e. The van der Waals surface area contributed by atoms with Crippen molar-refractivity contribution in [2.24, 2.45) is 0 Å². The standard InChI is InChI=1S/C29H31N5O3.ClH/c1-19-17-23(28-30-20(2)37-32-28)9-11-25(19)21-5-7-22(8-6-21)29(35)31-24-10-12-27(36-4)26(18-24)34-15-13-33(3)14-16-34;/h5-12,17-18H,13-16H2,1-4H3,(H,31,35);1H. The molecule has 0 atom stereocenters. The van der Waals surface area contributed by atoms with Gasteiger partial charge in [0, 0.05) is 49.9 Å². The van der Waals surface area contributed by atoms with Crippen molar-refractivity contribution >= 4 is 29.7 Å². The van der Waals surface area contributed by atoms with Gasteiger partial charge in [0.1, 0.15) is 5.75 Å². The quantitative estimate of drug-likeness (QED) is 0.352. The minimum absolute atomic E-state index is 0. The molecule has 1 aliphatic heterocycles. The smallest absolute Gasteiger partial charge is 0.255 e. The molecule has 1 aromatic heterocycles. The minimum atomic E-state index is -0.152. The molecule has 38 heavy (non-hydrogen) atoms. The van der Waals surface area contributed by atoms with Crippen molar-refractivity contribution in [1.29, 1.82) is 0 Å². The number of aromatic nitrogens is 2. The van der Waals surface area contributed by atoms with E-state index in [1.54, 1.807) is 14.0 Å². The van der Waals surface area contributed by atoms with E-state index >= 15 is 0 Å². The van der Waals surface area contributed by atoms with Gasteiger partial charge in [0.15, 0.2) is 0 Å². The Balaban J connectivity index is 0.00000336. The van der Waals surface area contributed by atoms with E-state index in [0.717, 1.165) is 65.6 Å². The topological polar surface area (TPSA) is 83.7 Å². The molecule has 198 valence electrons. The molecule has 8 nitrogen and oxygen atoms in total. The van der Waals surface area contributed by atoms with Crippen LogP contribution in [-0.2, 0) is 0 Å². The third-order valence-corrected chi connectivity index (χ3v) is 6.75. The molecule has 1 aliphatic rings. The van der Waals surface area contributed by atoms with E-state index in [2.05, 4.69) is 32.3 Å². The Morgan fingerprint density at radius 2 is 1.66 bits per heavy atom. The number of ether oxygens (including phenoxy) is 1. The van der Waals surface area contributed by atoms with Crippen molar-refractivity contribution in [2.45, 2.75) is 13.8 Å². The Bertz CT molecular complexity index is 1410. The van der Waals surface area contributed by atoms with Crippen molar-refractivity contribution in [3.05, 3.63) is 77.7 Å². The summed E-state index contributed by atoms with van der Waals surface area (Å²) < 4.78 is 10.7. The van der Waals surface area contributed by atoms with Gasteiger partial charge in [-0.05, 0) is 67.1 Å². The Morgan fingerprint density at radius 3 is 2.29 bits per heavy atom. The van der Waals surface area contributed by atoms with Crippen LogP contribution in [-0.4, -0.2) is 61.3 Å². The normalized spacial score (nSPS) is 13.6. The number of amides is 1. The third kappa shape index (κ3) is 5.82. The van der Waals surface area contributed by atoms with Gasteiger partial charge in [-0.25, -0.2) is 0 Å². The van der Waals surface area contributed by atoms with Gasteiger partial charge in [-0.1, -0.05) is 29.4 Å². The molecule has 0 aliphatic carbocycles. The van der Waals surface area contributed by atoms with Crippen molar-refractivity contribution in [3.8, 4) is 28.3 Å². The Hall–Kier alpha value is -3.88. The van der Waals surface area contributed by atoms with Crippen LogP contribution in [0.2, 0.25) is 0 Å². The number of nitrogens with zero attached hydrogens (tertiary/aromatic N) is 4. The molecule has 0 saturated carbocycles. The number of carbonyl (C=O) groups is 1. The first-order valence-corrected chi connectivity index (χ1v) is 12.4. The fraction of sp³-hybridized carbons (Fsp3) is 0.276. The van der Waals surface area contributed by atoms with E-state index < -0.39 is 0 Å². The van der Waals surface area contributed by atoms with Crippen LogP contribution in [0.4, 0.5) is 11.4 Å². The lowest BCUT2D eigenvalue weighted by molar-refractivity contribution is 0.102. The van der Waals surface area contributed by atoms with Crippen LogP contribution in [0.25, 0.3) is 22.5 Å². The molecule has 0 unspecified atom stereocenters. The van der Waals surface area contributed by atoms with Gasteiger partial charge in [-0.3, -0.25) is 4.79 Å². The van der Waals surface area contributed by atoms with Gasteiger partial charge in [0.2, 0.25) is 11.7 Å². The van der Waals surface area contributed by atoms with E-state index in [9.17, 15) is 4.79 Å². The molecule has 3 aromatic carbocycles. The number of halogens is 1. The second-order valence-corrected chi connectivity index (χ2v) is 9.38. The maximum absolute atomic E-state index is 13.0. The number of piperazine rings is 1. The van der Waals surface area contributed by atoms with Crippen molar-refractivity contribution < 1.29 is 14.1 Å². The molecule has 1 fully saturated rings. The molecule has 1 N–H and O–H groups in total. The molecular formula is C29H32ClN5O3. The van der Waals surface area contributed by atoms with E-state index in [1.807, 2.05) is 67.6 Å². The van der Waals surface area contributed by atoms with Crippen LogP contribution in [0.3, 0.4) is 0 Å². The molecule has 9 heteroatoms. The minimum Gasteiger partial charge on any atom is -0.495 e. The summed E-state index contributed by atoms with van der Waals surface area (Å²) in [5.74, 6) is 1.77. The average Bonchev–Trinajstić information content (AvgIpc) is 3.35. The summed E-state index contributed by atoms with van der Waals surface area (Å²) >= 11 is 0. The molecule has 0 spiro atoms. The number of carbonyl (C=O) groups excluding carboxylic acids is 1. The predicted molar refractivity (Wildman–Crippen MR) is 153 cm³/mol. The van der Waals surface area contributed by atoms with E-state index in [-0.39, 0.29) is 18.3 Å². The lowest BCUT2D eigenvalue weighted by Gasteiger charge is -2.34. The molecule has 1 saturated heterocycles. The maximum Gasteiger partial charge on any atom is 0.255 e. The van der Waals surface area contributed by atoms with Gasteiger partial charge < -0.3 is 24.4 Å². The van der Waals surface area contributed by atoms with Crippen LogP contribution >= 0.6 is 12.4 Å². The number of aryl methyl sites for hydroxylation is 2. The van der Waals surface area contributed by atoms with Gasteiger partial charge in [-0.15, -0.1) is 12.4 Å². The van der Waals surface area contributed by atoms with Crippen LogP contribution in [0.15, 0.2) is 65.2 Å². The zero-order chi connectivity index (χ0) is 25.9. The zero-order valence-electron chi connectivity index (χ0n) is 22.0. The van der Waals surface area contributed by atoms with Gasteiger partial charge in [0.25, 0.3) is 5.91 Å². The first-order valence-electron chi connectivity index (χ1n) is 12.4. The number of likely N-dealkylation sites (N-methyl/N-ethyl adjacent to an activating group) is 1. The summed E-state index contributed by atoms with van der Waals surface area (Å²) in [6, 6.07) is 19.5. The summed E-state index contributed by atoms with van der Waals surface area (Å²) in [6.07, 6.45) is 0. The highest BCUT2D eigenvalue weighted by atomic mass is 35.5. The van der Waals surface area contributed by atoms with Crippen LogP contribution in [0, 0.1) is 13.8 Å². The summed E-state index contributed by atoms with van der Waals surface area (Å²) in [6.45, 7) is 7.64. The van der Waals surface area contributed by atoms with Crippen molar-refractivity contribution in [3.63, 3.8) is 0 Å². The van der Waals surface area contributed by atoms with Crippen molar-refractivity contribution in [2.75, 3.05) is 50.6 Å². The lowest BCUT2D eigenvalue weighted by Crippen LogP contribution is -2.44. The molecule has 0 bridgehead atoms. The van der Waals surface area contributed by atoms with Crippen LogP contribution < -0.4 is 15.0 Å². The first-order chi connectivity index (χ1) is 17.9. The third-order valence-electron chi connectivity index (χ3n) is 6.75. The summed E-state index contributed by atoms with van der Waals surface area (Å²) in [4.78, 5) is 21.9. The predicted octanol–water partition coefficient (Wildman–Crippen LogP) is 5.45. The highest BCUT2D eigenvalue weighted by Gasteiger charge is 2.19. The van der Waals surface area contributed by atoms with E-state index in [1.165, 1.54) is 0 Å². The SMILES string of the molecule is COc1ccc(NC(=O)c2ccc(-c3ccc(-c4noc(C)n4)cc3C)cc2)cc1N1CCN(C)CC1.Cl. The number of benzene rings is 3. The monoisotopic (exact) mass is 533 g/mol. The fourth-order valence-electron chi connectivity index (χ4n) is 4.61. The second kappa shape index (κ2) is 11.7. The Morgan fingerprint density at radius 1 is 0.947 bits per heavy atom. The second-order valence-electron chi connectivity index (χ2n) is 9.38. The number of hydrogen-bond donors (Lipinski definition) is 1. The van der Waals surface area contributed by atoms with E-state index in [4.69, 9.17) is 9.26 Å². The van der Waals surface area contributed by atoms with Crippen LogP contribution in [0.1, 0.15) is 21.8 Å². The van der Waals surface area contributed by atoms with Gasteiger partial charge in [-0.2, -0.15) is 4.98 Å².